The standard InChI is InChI=1S/C15H21N3S/c1-3-18-14(16)13(10-7-11-19-2)17-15(18)12-8-5-4-6-9-12/h4-6,8-9H,3,7,10-11,16H2,1-2H3. The predicted octanol–water partition coefficient (Wildman–Crippen LogP) is 3.45. The van der Waals surface area contributed by atoms with Gasteiger partial charge >= 0.3 is 0 Å². The molecule has 0 amide bonds. The van der Waals surface area contributed by atoms with Crippen LogP contribution >= 0.6 is 11.8 Å². The third-order valence-corrected chi connectivity index (χ3v) is 3.89. The van der Waals surface area contributed by atoms with E-state index in [9.17, 15) is 0 Å². The highest BCUT2D eigenvalue weighted by atomic mass is 32.2. The molecule has 0 aliphatic rings. The van der Waals surface area contributed by atoms with Gasteiger partial charge in [0.15, 0.2) is 0 Å². The zero-order valence-corrected chi connectivity index (χ0v) is 12.4. The first-order valence-corrected chi connectivity index (χ1v) is 8.06. The van der Waals surface area contributed by atoms with E-state index >= 15 is 0 Å². The van der Waals surface area contributed by atoms with E-state index in [0.29, 0.717) is 0 Å². The van der Waals surface area contributed by atoms with E-state index in [0.717, 1.165) is 48.0 Å². The Hall–Kier alpha value is -1.42. The average molecular weight is 275 g/mol. The Bertz CT molecular complexity index is 520. The number of aryl methyl sites for hydroxylation is 1. The van der Waals surface area contributed by atoms with Crippen molar-refractivity contribution in [3.63, 3.8) is 0 Å². The van der Waals surface area contributed by atoms with Crippen LogP contribution in [0.1, 0.15) is 19.0 Å². The summed E-state index contributed by atoms with van der Waals surface area (Å²) in [5.41, 5.74) is 8.40. The summed E-state index contributed by atoms with van der Waals surface area (Å²) in [5.74, 6) is 2.96. The monoisotopic (exact) mass is 275 g/mol. The zero-order valence-electron chi connectivity index (χ0n) is 11.6. The predicted molar refractivity (Wildman–Crippen MR) is 84.5 cm³/mol. The number of thioether (sulfide) groups is 1. The topological polar surface area (TPSA) is 43.8 Å². The number of imidazole rings is 1. The quantitative estimate of drug-likeness (QED) is 0.821. The molecule has 0 aliphatic heterocycles. The van der Waals surface area contributed by atoms with Crippen LogP contribution in [0.15, 0.2) is 30.3 Å². The van der Waals surface area contributed by atoms with E-state index in [-0.39, 0.29) is 0 Å². The summed E-state index contributed by atoms with van der Waals surface area (Å²) in [6.45, 7) is 2.96. The van der Waals surface area contributed by atoms with Crippen LogP contribution < -0.4 is 5.73 Å². The minimum atomic E-state index is 0.822. The lowest BCUT2D eigenvalue weighted by Gasteiger charge is -2.06. The van der Waals surface area contributed by atoms with E-state index in [2.05, 4.69) is 29.9 Å². The van der Waals surface area contributed by atoms with Gasteiger partial charge in [-0.3, -0.25) is 0 Å². The molecule has 4 heteroatoms. The van der Waals surface area contributed by atoms with Crippen molar-refractivity contribution >= 4 is 17.6 Å². The number of nitrogen functional groups attached to an aromatic ring is 1. The second kappa shape index (κ2) is 6.66. The molecule has 19 heavy (non-hydrogen) atoms. The van der Waals surface area contributed by atoms with Gasteiger partial charge in [-0.2, -0.15) is 11.8 Å². The number of nitrogens with two attached hydrogens (primary N) is 1. The van der Waals surface area contributed by atoms with Crippen molar-refractivity contribution < 1.29 is 0 Å². The molecule has 1 heterocycles. The molecular formula is C15H21N3S. The molecule has 0 atom stereocenters. The zero-order chi connectivity index (χ0) is 13.7. The molecule has 0 saturated heterocycles. The third kappa shape index (κ3) is 3.13. The Morgan fingerprint density at radius 2 is 2.00 bits per heavy atom. The highest BCUT2D eigenvalue weighted by molar-refractivity contribution is 7.98. The number of anilines is 1. The van der Waals surface area contributed by atoms with Gasteiger partial charge in [0.2, 0.25) is 0 Å². The fourth-order valence-corrected chi connectivity index (χ4v) is 2.64. The first kappa shape index (κ1) is 14.0. The first-order valence-electron chi connectivity index (χ1n) is 6.67. The van der Waals surface area contributed by atoms with Gasteiger partial charge in [-0.05, 0) is 31.8 Å². The number of benzene rings is 1. The average Bonchev–Trinajstić information content (AvgIpc) is 2.77. The fourth-order valence-electron chi connectivity index (χ4n) is 2.21. The lowest BCUT2D eigenvalue weighted by Crippen LogP contribution is -2.03. The van der Waals surface area contributed by atoms with Crippen molar-refractivity contribution in [1.82, 2.24) is 9.55 Å². The lowest BCUT2D eigenvalue weighted by molar-refractivity contribution is 0.779. The normalized spacial score (nSPS) is 10.8. The second-order valence-electron chi connectivity index (χ2n) is 4.47. The van der Waals surface area contributed by atoms with E-state index in [1.54, 1.807) is 0 Å². The van der Waals surface area contributed by atoms with E-state index in [4.69, 9.17) is 10.7 Å². The van der Waals surface area contributed by atoms with Crippen LogP contribution in [0.2, 0.25) is 0 Å². The van der Waals surface area contributed by atoms with Crippen LogP contribution in [-0.2, 0) is 13.0 Å². The van der Waals surface area contributed by atoms with Crippen molar-refractivity contribution in [3.05, 3.63) is 36.0 Å². The minimum absolute atomic E-state index is 0.822. The van der Waals surface area contributed by atoms with Crippen molar-refractivity contribution in [1.29, 1.82) is 0 Å². The summed E-state index contributed by atoms with van der Waals surface area (Å²) < 4.78 is 2.10. The van der Waals surface area contributed by atoms with Crippen LogP contribution in [0, 0.1) is 0 Å². The molecule has 0 bridgehead atoms. The summed E-state index contributed by atoms with van der Waals surface area (Å²) in [6, 6.07) is 10.3. The second-order valence-corrected chi connectivity index (χ2v) is 5.46. The Kier molecular flexibility index (Phi) is 4.91. The lowest BCUT2D eigenvalue weighted by atomic mass is 10.2. The van der Waals surface area contributed by atoms with E-state index in [1.165, 1.54) is 0 Å². The van der Waals surface area contributed by atoms with Gasteiger partial charge in [-0.25, -0.2) is 4.98 Å². The molecule has 0 fully saturated rings. The largest absolute Gasteiger partial charge is 0.384 e. The third-order valence-electron chi connectivity index (χ3n) is 3.19. The molecule has 102 valence electrons. The maximum absolute atomic E-state index is 6.23. The van der Waals surface area contributed by atoms with E-state index < -0.39 is 0 Å². The van der Waals surface area contributed by atoms with Crippen LogP contribution in [-0.4, -0.2) is 21.6 Å². The number of hydrogen-bond donors (Lipinski definition) is 1. The molecule has 2 rings (SSSR count). The first-order chi connectivity index (χ1) is 9.27. The fraction of sp³-hybridized carbons (Fsp3) is 0.400. The summed E-state index contributed by atoms with van der Waals surface area (Å²) in [6.07, 6.45) is 4.21. The van der Waals surface area contributed by atoms with Crippen LogP contribution in [0.5, 0.6) is 0 Å². The number of aromatic nitrogens is 2. The maximum Gasteiger partial charge on any atom is 0.141 e. The van der Waals surface area contributed by atoms with Gasteiger partial charge in [-0.1, -0.05) is 30.3 Å². The highest BCUT2D eigenvalue weighted by Crippen LogP contribution is 2.25. The van der Waals surface area contributed by atoms with Crippen LogP contribution in [0.4, 0.5) is 5.82 Å². The van der Waals surface area contributed by atoms with Gasteiger partial charge in [0.1, 0.15) is 11.6 Å². The number of rotatable bonds is 6. The van der Waals surface area contributed by atoms with Crippen molar-refractivity contribution in [2.45, 2.75) is 26.3 Å². The van der Waals surface area contributed by atoms with Gasteiger partial charge in [-0.15, -0.1) is 0 Å². The molecule has 0 unspecified atom stereocenters. The van der Waals surface area contributed by atoms with Crippen molar-refractivity contribution in [2.75, 3.05) is 17.7 Å². The molecular weight excluding hydrogens is 254 g/mol. The molecule has 0 aliphatic carbocycles. The van der Waals surface area contributed by atoms with E-state index in [1.807, 2.05) is 30.0 Å². The number of nitrogens with zero attached hydrogens (tertiary/aromatic N) is 2. The molecule has 1 aromatic heterocycles. The minimum Gasteiger partial charge on any atom is -0.384 e. The molecule has 3 nitrogen and oxygen atoms in total. The summed E-state index contributed by atoms with van der Waals surface area (Å²) in [7, 11) is 0. The van der Waals surface area contributed by atoms with Crippen LogP contribution in [0.25, 0.3) is 11.4 Å². The van der Waals surface area contributed by atoms with Gasteiger partial charge in [0, 0.05) is 12.1 Å². The molecule has 0 saturated carbocycles. The number of hydrogen-bond acceptors (Lipinski definition) is 3. The maximum atomic E-state index is 6.23. The molecule has 1 aromatic carbocycles. The van der Waals surface area contributed by atoms with Crippen LogP contribution in [0.3, 0.4) is 0 Å². The van der Waals surface area contributed by atoms with Gasteiger partial charge in [0.25, 0.3) is 0 Å². The molecule has 2 N–H and O–H groups in total. The van der Waals surface area contributed by atoms with Gasteiger partial charge in [0.05, 0.1) is 5.69 Å². The SMILES string of the molecule is CCn1c(-c2ccccc2)nc(CCCSC)c1N. The Labute approximate surface area is 119 Å². The van der Waals surface area contributed by atoms with Gasteiger partial charge < -0.3 is 10.3 Å². The van der Waals surface area contributed by atoms with Crippen molar-refractivity contribution in [3.8, 4) is 11.4 Å². The highest BCUT2D eigenvalue weighted by Gasteiger charge is 2.14. The Balaban J connectivity index is 2.31. The Morgan fingerprint density at radius 3 is 2.63 bits per heavy atom. The van der Waals surface area contributed by atoms with Crippen molar-refractivity contribution in [2.24, 2.45) is 0 Å². The summed E-state index contributed by atoms with van der Waals surface area (Å²) in [5, 5.41) is 0. The molecule has 0 radical (unpaired) electrons. The summed E-state index contributed by atoms with van der Waals surface area (Å²) in [4.78, 5) is 4.75. The smallest absolute Gasteiger partial charge is 0.141 e. The Morgan fingerprint density at radius 1 is 1.26 bits per heavy atom. The molecule has 0 spiro atoms. The summed E-state index contributed by atoms with van der Waals surface area (Å²) >= 11 is 1.86. The molecule has 2 aromatic rings.